The van der Waals surface area contributed by atoms with Crippen molar-refractivity contribution < 1.29 is 22.8 Å². The van der Waals surface area contributed by atoms with E-state index in [-0.39, 0.29) is 5.69 Å². The summed E-state index contributed by atoms with van der Waals surface area (Å²) in [5.74, 6) is 0.964. The fraction of sp³-hybridized carbons (Fsp3) is 0.316. The van der Waals surface area contributed by atoms with Crippen LogP contribution in [-0.2, 0) is 12.8 Å². The van der Waals surface area contributed by atoms with Gasteiger partial charge in [0, 0.05) is 44.6 Å². The van der Waals surface area contributed by atoms with Crippen LogP contribution in [-0.4, -0.2) is 44.8 Å². The molecule has 0 unspecified atom stereocenters. The smallest absolute Gasteiger partial charge is 0.416 e. The highest BCUT2D eigenvalue weighted by Crippen LogP contribution is 2.37. The first kappa shape index (κ1) is 21.7. The zero-order chi connectivity index (χ0) is 22.7. The summed E-state index contributed by atoms with van der Waals surface area (Å²) in [5, 5.41) is 11.4. The van der Waals surface area contributed by atoms with Crippen LogP contribution in [0.2, 0.25) is 0 Å². The second-order valence-electron chi connectivity index (χ2n) is 6.97. The van der Waals surface area contributed by atoms with Crippen LogP contribution in [0.1, 0.15) is 11.1 Å². The third kappa shape index (κ3) is 4.72. The Balaban J connectivity index is 1.44. The minimum atomic E-state index is -4.65. The largest absolute Gasteiger partial charge is 0.470 e. The molecule has 1 aromatic carbocycles. The topological polar surface area (TPSA) is 97.5 Å². The van der Waals surface area contributed by atoms with E-state index in [1.807, 2.05) is 17.0 Å². The number of aromatic nitrogens is 3. The van der Waals surface area contributed by atoms with Crippen LogP contribution in [0.4, 0.5) is 30.4 Å². The maximum Gasteiger partial charge on any atom is 0.416 e. The lowest BCUT2D eigenvalue weighted by Crippen LogP contribution is -2.47. The van der Waals surface area contributed by atoms with Crippen molar-refractivity contribution in [3.05, 3.63) is 64.0 Å². The molecule has 0 bridgehead atoms. The molecule has 4 rings (SSSR count). The number of rotatable bonds is 6. The van der Waals surface area contributed by atoms with Crippen LogP contribution >= 0.6 is 11.7 Å². The Labute approximate surface area is 184 Å². The summed E-state index contributed by atoms with van der Waals surface area (Å²) in [5.41, 5.74) is -0.521. The summed E-state index contributed by atoms with van der Waals surface area (Å²) in [6.07, 6.45) is -1.32. The van der Waals surface area contributed by atoms with E-state index in [4.69, 9.17) is 4.74 Å². The maximum absolute atomic E-state index is 13.0. The number of piperazine rings is 1. The highest BCUT2D eigenvalue weighted by molar-refractivity contribution is 6.99. The monoisotopic (exact) mass is 466 g/mol. The molecule has 1 aliphatic rings. The first-order valence-corrected chi connectivity index (χ1v) is 10.3. The molecule has 3 aromatic rings. The van der Waals surface area contributed by atoms with E-state index >= 15 is 0 Å². The van der Waals surface area contributed by atoms with Crippen molar-refractivity contribution in [3.8, 4) is 5.88 Å². The number of nitrogens with zero attached hydrogens (tertiary/aromatic N) is 6. The van der Waals surface area contributed by atoms with Gasteiger partial charge in [-0.1, -0.05) is 0 Å². The number of pyridine rings is 1. The van der Waals surface area contributed by atoms with Crippen molar-refractivity contribution in [1.29, 1.82) is 0 Å². The van der Waals surface area contributed by atoms with Gasteiger partial charge in [0.2, 0.25) is 5.82 Å². The fourth-order valence-electron chi connectivity index (χ4n) is 3.36. The van der Waals surface area contributed by atoms with Crippen molar-refractivity contribution in [2.45, 2.75) is 12.8 Å². The van der Waals surface area contributed by atoms with Gasteiger partial charge in [-0.3, -0.25) is 15.1 Å². The number of nitro groups is 1. The Morgan fingerprint density at radius 3 is 2.41 bits per heavy atom. The molecule has 1 fully saturated rings. The highest BCUT2D eigenvalue weighted by Gasteiger charge is 2.34. The van der Waals surface area contributed by atoms with Crippen LogP contribution in [0.5, 0.6) is 5.88 Å². The molecule has 0 saturated carbocycles. The van der Waals surface area contributed by atoms with Gasteiger partial charge >= 0.3 is 6.18 Å². The quantitative estimate of drug-likeness (QED) is 0.400. The van der Waals surface area contributed by atoms with Crippen LogP contribution in [0.3, 0.4) is 0 Å². The zero-order valence-corrected chi connectivity index (χ0v) is 17.3. The second kappa shape index (κ2) is 8.94. The summed E-state index contributed by atoms with van der Waals surface area (Å²) in [6, 6.07) is 6.26. The second-order valence-corrected chi connectivity index (χ2v) is 7.50. The predicted molar refractivity (Wildman–Crippen MR) is 111 cm³/mol. The summed E-state index contributed by atoms with van der Waals surface area (Å²) in [7, 11) is 0. The van der Waals surface area contributed by atoms with E-state index in [0.717, 1.165) is 29.4 Å². The van der Waals surface area contributed by atoms with Gasteiger partial charge in [-0.15, -0.1) is 4.37 Å². The third-order valence-electron chi connectivity index (χ3n) is 4.99. The lowest BCUT2D eigenvalue weighted by molar-refractivity contribution is -0.384. The highest BCUT2D eigenvalue weighted by atomic mass is 32.1. The predicted octanol–water partition coefficient (Wildman–Crippen LogP) is 3.77. The molecule has 0 atom stereocenters. The molecule has 0 spiro atoms. The van der Waals surface area contributed by atoms with Crippen molar-refractivity contribution in [3.63, 3.8) is 0 Å². The third-order valence-corrected chi connectivity index (χ3v) is 5.49. The number of halogens is 3. The van der Waals surface area contributed by atoms with Crippen molar-refractivity contribution in [1.82, 2.24) is 13.7 Å². The number of nitro benzene ring substituents is 1. The molecule has 168 valence electrons. The van der Waals surface area contributed by atoms with E-state index < -0.39 is 22.4 Å². The lowest BCUT2D eigenvalue weighted by Gasteiger charge is -2.36. The van der Waals surface area contributed by atoms with Gasteiger partial charge in [0.25, 0.3) is 11.6 Å². The number of anilines is 2. The SMILES string of the molecule is O=[N+]([O-])c1cc(C(F)(F)F)ccc1N1CCN(c2nsnc2OCc2ccncc2)CC1. The average molecular weight is 466 g/mol. The molecule has 3 heterocycles. The summed E-state index contributed by atoms with van der Waals surface area (Å²) < 4.78 is 53.1. The van der Waals surface area contributed by atoms with Gasteiger partial charge in [-0.05, 0) is 29.8 Å². The Hall–Kier alpha value is -3.48. The van der Waals surface area contributed by atoms with Crippen LogP contribution in [0.25, 0.3) is 0 Å². The van der Waals surface area contributed by atoms with Crippen molar-refractivity contribution in [2.75, 3.05) is 36.0 Å². The number of alkyl halides is 3. The minimum Gasteiger partial charge on any atom is -0.470 e. The van der Waals surface area contributed by atoms with Crippen LogP contribution in [0, 0.1) is 10.1 Å². The number of hydrogen-bond donors (Lipinski definition) is 0. The zero-order valence-electron chi connectivity index (χ0n) is 16.5. The number of ether oxygens (including phenoxy) is 1. The number of hydrogen-bond acceptors (Lipinski definition) is 9. The van der Waals surface area contributed by atoms with E-state index in [1.165, 1.54) is 0 Å². The Bertz CT molecular complexity index is 1090. The Morgan fingerprint density at radius 1 is 1.06 bits per heavy atom. The summed E-state index contributed by atoms with van der Waals surface area (Å²) in [4.78, 5) is 18.2. The fourth-order valence-corrected chi connectivity index (χ4v) is 3.88. The molecule has 13 heteroatoms. The normalized spacial score (nSPS) is 14.5. The van der Waals surface area contributed by atoms with Crippen molar-refractivity contribution in [2.24, 2.45) is 0 Å². The van der Waals surface area contributed by atoms with Gasteiger partial charge in [-0.25, -0.2) is 0 Å². The molecule has 1 saturated heterocycles. The molecule has 0 radical (unpaired) electrons. The van der Waals surface area contributed by atoms with Gasteiger partial charge in [0.1, 0.15) is 12.3 Å². The molecular weight excluding hydrogens is 449 g/mol. The van der Waals surface area contributed by atoms with E-state index in [0.29, 0.717) is 50.6 Å². The Kier molecular flexibility index (Phi) is 6.08. The van der Waals surface area contributed by atoms with E-state index in [9.17, 15) is 23.3 Å². The molecule has 0 aliphatic carbocycles. The van der Waals surface area contributed by atoms with Gasteiger partial charge < -0.3 is 14.5 Å². The maximum atomic E-state index is 13.0. The van der Waals surface area contributed by atoms with Crippen molar-refractivity contribution >= 4 is 28.9 Å². The lowest BCUT2D eigenvalue weighted by atomic mass is 10.1. The van der Waals surface area contributed by atoms with Gasteiger partial charge in [-0.2, -0.15) is 17.5 Å². The molecule has 0 N–H and O–H groups in total. The summed E-state index contributed by atoms with van der Waals surface area (Å²) in [6.45, 7) is 1.95. The molecule has 1 aliphatic heterocycles. The van der Waals surface area contributed by atoms with Gasteiger partial charge in [0.15, 0.2) is 0 Å². The first-order valence-electron chi connectivity index (χ1n) is 9.52. The van der Waals surface area contributed by atoms with Gasteiger partial charge in [0.05, 0.1) is 22.2 Å². The van der Waals surface area contributed by atoms with E-state index in [2.05, 4.69) is 13.7 Å². The first-order chi connectivity index (χ1) is 15.3. The average Bonchev–Trinajstić information content (AvgIpc) is 3.26. The van der Waals surface area contributed by atoms with E-state index in [1.54, 1.807) is 17.3 Å². The minimum absolute atomic E-state index is 0.160. The molecule has 2 aromatic heterocycles. The standard InChI is InChI=1S/C19H17F3N6O3S/c20-19(21,22)14-1-2-15(16(11-14)28(29)30)26-7-9-27(10-8-26)17-18(25-32-24-17)31-12-13-3-5-23-6-4-13/h1-6,11H,7-10,12H2. The molecule has 9 nitrogen and oxygen atoms in total. The molecule has 0 amide bonds. The van der Waals surface area contributed by atoms with Crippen LogP contribution < -0.4 is 14.5 Å². The molecular formula is C19H17F3N6O3S. The Morgan fingerprint density at radius 2 is 1.75 bits per heavy atom. The molecule has 32 heavy (non-hydrogen) atoms. The van der Waals surface area contributed by atoms with Crippen LogP contribution in [0.15, 0.2) is 42.7 Å². The number of benzene rings is 1. The summed E-state index contributed by atoms with van der Waals surface area (Å²) >= 11 is 1.01.